The summed E-state index contributed by atoms with van der Waals surface area (Å²) in [5.74, 6) is 2.04. The van der Waals surface area contributed by atoms with Crippen LogP contribution in [0.5, 0.6) is 0 Å². The van der Waals surface area contributed by atoms with Crippen LogP contribution in [0.4, 0.5) is 11.8 Å². The van der Waals surface area contributed by atoms with Gasteiger partial charge in [0, 0.05) is 39.1 Å². The fourth-order valence-electron chi connectivity index (χ4n) is 3.46. The van der Waals surface area contributed by atoms with Gasteiger partial charge >= 0.3 is 0 Å². The van der Waals surface area contributed by atoms with Crippen molar-refractivity contribution in [1.29, 1.82) is 0 Å². The molecule has 1 aliphatic heterocycles. The Balaban J connectivity index is 1.91. The molecule has 1 aliphatic carbocycles. The summed E-state index contributed by atoms with van der Waals surface area (Å²) >= 11 is 0. The summed E-state index contributed by atoms with van der Waals surface area (Å²) in [6, 6.07) is 0. The normalized spacial score (nSPS) is 22.1. The van der Waals surface area contributed by atoms with Gasteiger partial charge in [-0.1, -0.05) is 13.8 Å². The van der Waals surface area contributed by atoms with E-state index in [-0.39, 0.29) is 5.78 Å². The van der Waals surface area contributed by atoms with Crippen LogP contribution in [-0.2, 0) is 6.42 Å². The number of Topliss-reactive ketones (excluding diaryl/α,β-unsaturated/α-hetero) is 1. The first kappa shape index (κ1) is 16.2. The van der Waals surface area contributed by atoms with Crippen molar-refractivity contribution in [3.05, 3.63) is 11.3 Å². The van der Waals surface area contributed by atoms with Crippen molar-refractivity contribution >= 4 is 17.5 Å². The van der Waals surface area contributed by atoms with E-state index < -0.39 is 0 Å². The van der Waals surface area contributed by atoms with Crippen molar-refractivity contribution in [3.8, 4) is 0 Å². The molecule has 6 heteroatoms. The third-order valence-corrected chi connectivity index (χ3v) is 4.77. The molecule has 0 spiro atoms. The van der Waals surface area contributed by atoms with E-state index in [0.717, 1.165) is 68.7 Å². The van der Waals surface area contributed by atoms with Crippen molar-refractivity contribution in [2.24, 2.45) is 5.92 Å². The average molecular weight is 317 g/mol. The number of carbonyl (C=O) groups is 1. The molecule has 1 aromatic heterocycles. The van der Waals surface area contributed by atoms with Crippen LogP contribution in [0.2, 0.25) is 0 Å². The lowest BCUT2D eigenvalue weighted by atomic mass is 9.87. The first-order valence-corrected chi connectivity index (χ1v) is 8.77. The highest BCUT2D eigenvalue weighted by Crippen LogP contribution is 2.30. The second kappa shape index (κ2) is 6.83. The SMILES string of the molecule is CCNc1nc(N2CCN(CC)CC2)nc2c1C(=O)C[C@@H](C)C2. The summed E-state index contributed by atoms with van der Waals surface area (Å²) in [5, 5.41) is 3.27. The summed E-state index contributed by atoms with van der Waals surface area (Å²) in [6.45, 7) is 12.2. The van der Waals surface area contributed by atoms with Crippen LogP contribution in [0.3, 0.4) is 0 Å². The number of piperazine rings is 1. The lowest BCUT2D eigenvalue weighted by Crippen LogP contribution is -2.47. The Hall–Kier alpha value is -1.69. The van der Waals surface area contributed by atoms with Crippen LogP contribution in [0.1, 0.15) is 43.2 Å². The fraction of sp³-hybridized carbons (Fsp3) is 0.706. The van der Waals surface area contributed by atoms with Gasteiger partial charge in [-0.2, -0.15) is 4.98 Å². The molecule has 1 saturated heterocycles. The number of ketones is 1. The number of anilines is 2. The van der Waals surface area contributed by atoms with Gasteiger partial charge in [-0.25, -0.2) is 4.98 Å². The number of aromatic nitrogens is 2. The molecule has 0 aromatic carbocycles. The minimum absolute atomic E-state index is 0.178. The highest BCUT2D eigenvalue weighted by Gasteiger charge is 2.29. The molecule has 0 bridgehead atoms. The molecule has 0 amide bonds. The molecule has 1 N–H and O–H groups in total. The van der Waals surface area contributed by atoms with E-state index >= 15 is 0 Å². The quantitative estimate of drug-likeness (QED) is 0.914. The molecule has 126 valence electrons. The number of hydrogen-bond acceptors (Lipinski definition) is 6. The standard InChI is InChI=1S/C17H27N5O/c1-4-18-16-15-13(10-12(3)11-14(15)23)19-17(20-16)22-8-6-21(5-2)7-9-22/h12H,4-11H2,1-3H3,(H,18,19,20)/t12-/m0/s1. The van der Waals surface area contributed by atoms with Crippen molar-refractivity contribution in [2.75, 3.05) is 49.5 Å². The summed E-state index contributed by atoms with van der Waals surface area (Å²) in [6.07, 6.45) is 1.47. The van der Waals surface area contributed by atoms with Gasteiger partial charge in [0.05, 0.1) is 11.3 Å². The highest BCUT2D eigenvalue weighted by molar-refractivity contribution is 6.02. The van der Waals surface area contributed by atoms with Crippen molar-refractivity contribution in [2.45, 2.75) is 33.6 Å². The number of fused-ring (bicyclic) bond motifs is 1. The van der Waals surface area contributed by atoms with Crippen LogP contribution in [-0.4, -0.2) is 59.9 Å². The molecular formula is C17H27N5O. The number of nitrogens with one attached hydrogen (secondary N) is 1. The van der Waals surface area contributed by atoms with Gasteiger partial charge in [-0.15, -0.1) is 0 Å². The highest BCUT2D eigenvalue weighted by atomic mass is 16.1. The zero-order valence-corrected chi connectivity index (χ0v) is 14.4. The summed E-state index contributed by atoms with van der Waals surface area (Å²) < 4.78 is 0. The maximum atomic E-state index is 12.4. The van der Waals surface area contributed by atoms with E-state index in [9.17, 15) is 4.79 Å². The van der Waals surface area contributed by atoms with Gasteiger partial charge in [0.15, 0.2) is 5.78 Å². The Bertz CT molecular complexity index is 563. The number of carbonyl (C=O) groups excluding carboxylic acids is 1. The zero-order chi connectivity index (χ0) is 16.4. The molecule has 0 radical (unpaired) electrons. The van der Waals surface area contributed by atoms with Gasteiger partial charge < -0.3 is 15.1 Å². The van der Waals surface area contributed by atoms with E-state index in [1.54, 1.807) is 0 Å². The Morgan fingerprint density at radius 2 is 1.87 bits per heavy atom. The minimum Gasteiger partial charge on any atom is -0.370 e. The largest absolute Gasteiger partial charge is 0.370 e. The number of nitrogens with zero attached hydrogens (tertiary/aromatic N) is 4. The van der Waals surface area contributed by atoms with Crippen LogP contribution >= 0.6 is 0 Å². The van der Waals surface area contributed by atoms with Gasteiger partial charge in [-0.05, 0) is 25.8 Å². The Kier molecular flexibility index (Phi) is 4.80. The lowest BCUT2D eigenvalue weighted by Gasteiger charge is -2.34. The fourth-order valence-corrected chi connectivity index (χ4v) is 3.46. The third kappa shape index (κ3) is 3.32. The molecule has 1 atom stereocenters. The van der Waals surface area contributed by atoms with E-state index in [0.29, 0.717) is 12.3 Å². The summed E-state index contributed by atoms with van der Waals surface area (Å²) in [7, 11) is 0. The van der Waals surface area contributed by atoms with Crippen LogP contribution in [0.25, 0.3) is 0 Å². The first-order valence-electron chi connectivity index (χ1n) is 8.77. The maximum absolute atomic E-state index is 12.4. The second-order valence-electron chi connectivity index (χ2n) is 6.58. The van der Waals surface area contributed by atoms with E-state index in [4.69, 9.17) is 9.97 Å². The predicted octanol–water partition coefficient (Wildman–Crippen LogP) is 1.82. The molecule has 2 heterocycles. The molecule has 23 heavy (non-hydrogen) atoms. The van der Waals surface area contributed by atoms with Crippen LogP contribution < -0.4 is 10.2 Å². The zero-order valence-electron chi connectivity index (χ0n) is 14.4. The minimum atomic E-state index is 0.178. The number of hydrogen-bond donors (Lipinski definition) is 1. The predicted molar refractivity (Wildman–Crippen MR) is 92.3 cm³/mol. The van der Waals surface area contributed by atoms with Gasteiger partial charge in [0.1, 0.15) is 5.82 Å². The molecule has 2 aliphatic rings. The van der Waals surface area contributed by atoms with E-state index in [1.807, 2.05) is 6.92 Å². The molecule has 0 unspecified atom stereocenters. The van der Waals surface area contributed by atoms with Crippen molar-refractivity contribution in [3.63, 3.8) is 0 Å². The molecule has 1 aromatic rings. The van der Waals surface area contributed by atoms with Crippen molar-refractivity contribution < 1.29 is 4.79 Å². The van der Waals surface area contributed by atoms with Gasteiger partial charge in [0.25, 0.3) is 0 Å². The van der Waals surface area contributed by atoms with Crippen molar-refractivity contribution in [1.82, 2.24) is 14.9 Å². The summed E-state index contributed by atoms with van der Waals surface area (Å²) in [4.78, 5) is 26.6. The topological polar surface area (TPSA) is 61.4 Å². The lowest BCUT2D eigenvalue weighted by molar-refractivity contribution is 0.0952. The first-order chi connectivity index (χ1) is 11.1. The maximum Gasteiger partial charge on any atom is 0.227 e. The summed E-state index contributed by atoms with van der Waals surface area (Å²) in [5.41, 5.74) is 1.65. The number of rotatable bonds is 4. The van der Waals surface area contributed by atoms with Gasteiger partial charge in [0.2, 0.25) is 5.95 Å². The van der Waals surface area contributed by atoms with E-state index in [2.05, 4.69) is 29.0 Å². The third-order valence-electron chi connectivity index (χ3n) is 4.77. The molecule has 1 fully saturated rings. The van der Waals surface area contributed by atoms with Crippen LogP contribution in [0.15, 0.2) is 0 Å². The monoisotopic (exact) mass is 317 g/mol. The Morgan fingerprint density at radius 1 is 1.13 bits per heavy atom. The molecule has 3 rings (SSSR count). The number of likely N-dealkylation sites (N-methyl/N-ethyl adjacent to an activating group) is 1. The second-order valence-corrected chi connectivity index (χ2v) is 6.58. The Morgan fingerprint density at radius 3 is 2.52 bits per heavy atom. The van der Waals surface area contributed by atoms with Crippen LogP contribution in [0, 0.1) is 5.92 Å². The van der Waals surface area contributed by atoms with E-state index in [1.165, 1.54) is 0 Å². The Labute approximate surface area is 138 Å². The van der Waals surface area contributed by atoms with Gasteiger partial charge in [-0.3, -0.25) is 4.79 Å². The molecule has 6 nitrogen and oxygen atoms in total. The molecule has 0 saturated carbocycles. The average Bonchev–Trinajstić information content (AvgIpc) is 2.54. The smallest absolute Gasteiger partial charge is 0.227 e. The molecular weight excluding hydrogens is 290 g/mol.